The third-order valence-electron chi connectivity index (χ3n) is 4.89. The van der Waals surface area contributed by atoms with Crippen molar-refractivity contribution in [1.29, 1.82) is 0 Å². The van der Waals surface area contributed by atoms with E-state index in [0.717, 1.165) is 53.5 Å². The molecule has 6 nitrogen and oxygen atoms in total. The summed E-state index contributed by atoms with van der Waals surface area (Å²) in [6, 6.07) is 17.4. The summed E-state index contributed by atoms with van der Waals surface area (Å²) in [4.78, 5) is 7.05. The largest absolute Gasteiger partial charge is 0.494 e. The second kappa shape index (κ2) is 11.8. The van der Waals surface area contributed by atoms with Crippen LogP contribution in [0, 0.1) is 0 Å². The van der Waals surface area contributed by atoms with Gasteiger partial charge in [-0.25, -0.2) is 4.98 Å². The molecule has 4 rings (SSSR count). The Morgan fingerprint density at radius 3 is 1.97 bits per heavy atom. The van der Waals surface area contributed by atoms with Crippen LogP contribution in [0.4, 0.5) is 22.2 Å². The predicted octanol–water partition coefficient (Wildman–Crippen LogP) is 9.71. The molecule has 170 valence electrons. The van der Waals surface area contributed by atoms with Crippen molar-refractivity contribution in [3.63, 3.8) is 0 Å². The number of thiophene rings is 1. The van der Waals surface area contributed by atoms with E-state index >= 15 is 0 Å². The highest BCUT2D eigenvalue weighted by Crippen LogP contribution is 2.35. The normalized spacial score (nSPS) is 11.8. The number of unbranched alkanes of at least 4 members (excludes halogenated alkanes) is 2. The van der Waals surface area contributed by atoms with Gasteiger partial charge >= 0.3 is 0 Å². The second-order valence-corrected chi connectivity index (χ2v) is 9.72. The number of benzene rings is 2. The average Bonchev–Trinajstić information content (AvgIpc) is 3.40. The van der Waals surface area contributed by atoms with E-state index in [4.69, 9.17) is 4.74 Å². The molecule has 33 heavy (non-hydrogen) atoms. The van der Waals surface area contributed by atoms with Gasteiger partial charge in [-0.3, -0.25) is 0 Å². The van der Waals surface area contributed by atoms with E-state index in [-0.39, 0.29) is 0 Å². The first-order valence-corrected chi connectivity index (χ1v) is 12.9. The number of hydrogen-bond donors (Lipinski definition) is 0. The van der Waals surface area contributed by atoms with Crippen molar-refractivity contribution >= 4 is 54.4 Å². The summed E-state index contributed by atoms with van der Waals surface area (Å²) in [6.45, 7) is 5.10. The molecule has 0 atom stereocenters. The maximum absolute atomic E-state index is 5.67. The molecule has 0 aliphatic rings. The summed E-state index contributed by atoms with van der Waals surface area (Å²) in [5.41, 5.74) is 2.29. The number of aromatic nitrogens is 1. The van der Waals surface area contributed by atoms with Crippen LogP contribution in [0.15, 0.2) is 75.1 Å². The fraction of sp³-hybridized carbons (Fsp3) is 0.320. The Labute approximate surface area is 202 Å². The first-order chi connectivity index (χ1) is 16.2. The highest BCUT2D eigenvalue weighted by molar-refractivity contribution is 7.28. The van der Waals surface area contributed by atoms with Crippen molar-refractivity contribution in [3.05, 3.63) is 59.5 Å². The smallest absolute Gasteiger partial charge is 0.231 e. The van der Waals surface area contributed by atoms with Gasteiger partial charge in [0.2, 0.25) is 5.13 Å². The lowest BCUT2D eigenvalue weighted by Crippen LogP contribution is -1.95. The highest BCUT2D eigenvalue weighted by Gasteiger charge is 2.08. The Bertz CT molecular complexity index is 1180. The quantitative estimate of drug-likeness (QED) is 0.159. The zero-order valence-electron chi connectivity index (χ0n) is 18.9. The number of hydrogen-bond acceptors (Lipinski definition) is 8. The van der Waals surface area contributed by atoms with Gasteiger partial charge in [-0.1, -0.05) is 38.0 Å². The van der Waals surface area contributed by atoms with Gasteiger partial charge in [-0.2, -0.15) is 10.2 Å². The number of nitrogens with zero attached hydrogens (tertiary/aromatic N) is 5. The lowest BCUT2D eigenvalue weighted by Gasteiger charge is -2.04. The SMILES string of the molecule is CCCCOc1ccc(N=Nc2ccc(N=Nc3nc4sc(CCCC)cc4s3)cc2)cc1. The standard InChI is InChI=1S/C25H27N5OS2/c1-3-5-7-22-17-23-24(32-22)26-25(33-23)30-29-19-10-8-18(9-11-19)27-28-20-12-14-21(15-13-20)31-16-6-4-2/h8-15,17H,3-7,16H2,1-2H3. The summed E-state index contributed by atoms with van der Waals surface area (Å²) in [7, 11) is 0. The van der Waals surface area contributed by atoms with Crippen molar-refractivity contribution in [2.24, 2.45) is 20.5 Å². The molecule has 0 saturated heterocycles. The molecular weight excluding hydrogens is 450 g/mol. The molecule has 0 amide bonds. The molecule has 0 unspecified atom stereocenters. The molecule has 0 spiro atoms. The van der Waals surface area contributed by atoms with Crippen molar-refractivity contribution in [3.8, 4) is 5.75 Å². The zero-order valence-corrected chi connectivity index (χ0v) is 20.5. The molecule has 2 heterocycles. The van der Waals surface area contributed by atoms with Crippen molar-refractivity contribution < 1.29 is 4.74 Å². The van der Waals surface area contributed by atoms with E-state index in [1.54, 1.807) is 22.7 Å². The van der Waals surface area contributed by atoms with Crippen LogP contribution < -0.4 is 4.74 Å². The number of aryl methyl sites for hydroxylation is 1. The molecule has 0 bridgehead atoms. The van der Waals surface area contributed by atoms with Crippen LogP contribution in [0.1, 0.15) is 44.4 Å². The van der Waals surface area contributed by atoms with Gasteiger partial charge in [0, 0.05) is 4.88 Å². The molecule has 0 fully saturated rings. The Morgan fingerprint density at radius 1 is 0.758 bits per heavy atom. The number of fused-ring (bicyclic) bond motifs is 1. The lowest BCUT2D eigenvalue weighted by atomic mass is 10.2. The number of thiazole rings is 1. The van der Waals surface area contributed by atoms with Crippen molar-refractivity contribution in [1.82, 2.24) is 4.98 Å². The molecule has 0 aliphatic carbocycles. The van der Waals surface area contributed by atoms with Gasteiger partial charge in [0.25, 0.3) is 0 Å². The molecule has 0 aliphatic heterocycles. The van der Waals surface area contributed by atoms with Crippen LogP contribution in [0.25, 0.3) is 9.53 Å². The van der Waals surface area contributed by atoms with E-state index in [2.05, 4.69) is 45.4 Å². The highest BCUT2D eigenvalue weighted by atomic mass is 32.1. The predicted molar refractivity (Wildman–Crippen MR) is 138 cm³/mol. The van der Waals surface area contributed by atoms with Gasteiger partial charge in [-0.05, 0) is 73.9 Å². The Kier molecular flexibility index (Phi) is 8.27. The van der Waals surface area contributed by atoms with Crippen molar-refractivity contribution in [2.45, 2.75) is 46.0 Å². The topological polar surface area (TPSA) is 71.6 Å². The average molecular weight is 478 g/mol. The summed E-state index contributed by atoms with van der Waals surface area (Å²) in [6.07, 6.45) is 5.73. The van der Waals surface area contributed by atoms with Crippen LogP contribution in [0.2, 0.25) is 0 Å². The number of azo groups is 2. The zero-order chi connectivity index (χ0) is 22.9. The van der Waals surface area contributed by atoms with Crippen LogP contribution >= 0.6 is 22.7 Å². The van der Waals surface area contributed by atoms with Crippen LogP contribution in [0.5, 0.6) is 5.75 Å². The molecule has 2 aromatic heterocycles. The first kappa shape index (κ1) is 23.2. The van der Waals surface area contributed by atoms with Crippen molar-refractivity contribution in [2.75, 3.05) is 6.61 Å². The Balaban J connectivity index is 1.32. The fourth-order valence-corrected chi connectivity index (χ4v) is 5.13. The molecule has 4 aromatic rings. The maximum atomic E-state index is 5.67. The summed E-state index contributed by atoms with van der Waals surface area (Å²) in [5.74, 6) is 0.856. The van der Waals surface area contributed by atoms with Gasteiger partial charge in [0.15, 0.2) is 0 Å². The van der Waals surface area contributed by atoms with Gasteiger partial charge < -0.3 is 4.74 Å². The van der Waals surface area contributed by atoms with Crippen LogP contribution in [-0.2, 0) is 6.42 Å². The molecule has 2 aromatic carbocycles. The lowest BCUT2D eigenvalue weighted by molar-refractivity contribution is 0.309. The van der Waals surface area contributed by atoms with E-state index in [9.17, 15) is 0 Å². The summed E-state index contributed by atoms with van der Waals surface area (Å²) in [5, 5.41) is 17.9. The molecule has 8 heteroatoms. The van der Waals surface area contributed by atoms with E-state index in [1.807, 2.05) is 48.5 Å². The first-order valence-electron chi connectivity index (χ1n) is 11.3. The number of ether oxygens (including phenoxy) is 1. The van der Waals surface area contributed by atoms with Gasteiger partial charge in [-0.15, -0.1) is 21.6 Å². The second-order valence-electron chi connectivity index (χ2n) is 7.59. The monoisotopic (exact) mass is 477 g/mol. The number of rotatable bonds is 11. The Morgan fingerprint density at radius 2 is 1.36 bits per heavy atom. The third-order valence-corrected chi connectivity index (χ3v) is 7.00. The minimum Gasteiger partial charge on any atom is -0.494 e. The fourth-order valence-electron chi connectivity index (χ4n) is 3.03. The van der Waals surface area contributed by atoms with E-state index < -0.39 is 0 Å². The van der Waals surface area contributed by atoms with E-state index in [1.165, 1.54) is 22.4 Å². The van der Waals surface area contributed by atoms with E-state index in [0.29, 0.717) is 5.13 Å². The summed E-state index contributed by atoms with van der Waals surface area (Å²) >= 11 is 3.34. The maximum Gasteiger partial charge on any atom is 0.231 e. The molecule has 0 N–H and O–H groups in total. The summed E-state index contributed by atoms with van der Waals surface area (Å²) < 4.78 is 6.86. The third kappa shape index (κ3) is 6.76. The van der Waals surface area contributed by atoms with Gasteiger partial charge in [0.1, 0.15) is 10.6 Å². The minimum atomic E-state index is 0.684. The molecule has 0 saturated carbocycles. The minimum absolute atomic E-state index is 0.684. The molecule has 0 radical (unpaired) electrons. The Hall–Kier alpha value is -2.97. The van der Waals surface area contributed by atoms with Crippen LogP contribution in [-0.4, -0.2) is 11.6 Å². The molecular formula is C25H27N5OS2. The van der Waals surface area contributed by atoms with Gasteiger partial charge in [0.05, 0.1) is 28.4 Å². The van der Waals surface area contributed by atoms with Crippen LogP contribution in [0.3, 0.4) is 0 Å².